The lowest BCUT2D eigenvalue weighted by atomic mass is 9.52. The normalized spacial score (nSPS) is 26.1. The number of piperidine rings is 1. The summed E-state index contributed by atoms with van der Waals surface area (Å²) in [6, 6.07) is 14.0. The standard InChI is InChI=1S/C32H39NO6/c34-30(36-20-22-9-3-1-4-10-22)26-17-24(37-21-38-31(35)39-23-11-5-2-6-12-23)18-28-25(26)19-29-27-13-7-8-14-32(27,28)15-16-33-29/h1,3-4,9-10,17-18,23,27,29,33H,2,5-8,11-16,19-21H2/t27-,29+,32+/m0/s1. The van der Waals surface area contributed by atoms with Crippen LogP contribution in [0.5, 0.6) is 5.75 Å². The second kappa shape index (κ2) is 11.6. The molecule has 2 aromatic rings. The molecule has 0 spiro atoms. The maximum atomic E-state index is 13.5. The third-order valence-electron chi connectivity index (χ3n) is 9.40. The van der Waals surface area contributed by atoms with Crippen molar-refractivity contribution >= 4 is 12.1 Å². The van der Waals surface area contributed by atoms with Crippen LogP contribution in [0.1, 0.15) is 91.3 Å². The fourth-order valence-corrected chi connectivity index (χ4v) is 7.56. The molecule has 3 fully saturated rings. The van der Waals surface area contributed by atoms with E-state index in [-0.39, 0.29) is 30.9 Å². The number of hydrogen-bond acceptors (Lipinski definition) is 7. The molecule has 6 rings (SSSR count). The zero-order valence-electron chi connectivity index (χ0n) is 22.6. The van der Waals surface area contributed by atoms with E-state index in [2.05, 4.69) is 11.4 Å². The summed E-state index contributed by atoms with van der Waals surface area (Å²) < 4.78 is 22.5. The molecule has 0 aromatic heterocycles. The maximum absolute atomic E-state index is 13.5. The SMILES string of the molecule is O=C(OCOc1cc(C(=O)OCc2ccccc2)c2c(c1)[C@@]13CCCC[C@H]1[C@@H](C2)NCC3)OC1CCCCC1. The Hall–Kier alpha value is -3.06. The maximum Gasteiger partial charge on any atom is 0.511 e. The molecule has 3 atom stereocenters. The smallest absolute Gasteiger partial charge is 0.457 e. The number of hydrogen-bond donors (Lipinski definition) is 1. The average Bonchev–Trinajstić information content (AvgIpc) is 2.97. The topological polar surface area (TPSA) is 83.1 Å². The molecule has 0 unspecified atom stereocenters. The van der Waals surface area contributed by atoms with Gasteiger partial charge in [-0.3, -0.25) is 0 Å². The van der Waals surface area contributed by atoms with Crippen LogP contribution in [0.3, 0.4) is 0 Å². The molecular weight excluding hydrogens is 494 g/mol. The van der Waals surface area contributed by atoms with Gasteiger partial charge in [-0.05, 0) is 92.7 Å². The van der Waals surface area contributed by atoms with Crippen LogP contribution in [0, 0.1) is 5.92 Å². The van der Waals surface area contributed by atoms with Gasteiger partial charge in [0.25, 0.3) is 0 Å². The third-order valence-corrected chi connectivity index (χ3v) is 9.40. The number of benzene rings is 2. The molecule has 2 aromatic carbocycles. The minimum absolute atomic E-state index is 0.0380. The van der Waals surface area contributed by atoms with Gasteiger partial charge in [-0.1, -0.05) is 49.6 Å². The first kappa shape index (κ1) is 26.2. The van der Waals surface area contributed by atoms with E-state index in [0.29, 0.717) is 23.3 Å². The first-order chi connectivity index (χ1) is 19.1. The summed E-state index contributed by atoms with van der Waals surface area (Å²) in [4.78, 5) is 25.8. The summed E-state index contributed by atoms with van der Waals surface area (Å²) in [5, 5.41) is 3.75. The molecule has 1 heterocycles. The molecule has 4 aliphatic rings. The molecule has 2 bridgehead atoms. The van der Waals surface area contributed by atoms with Gasteiger partial charge >= 0.3 is 12.1 Å². The highest BCUT2D eigenvalue weighted by molar-refractivity contribution is 5.92. The largest absolute Gasteiger partial charge is 0.511 e. The predicted octanol–water partition coefficient (Wildman–Crippen LogP) is 6.21. The quantitative estimate of drug-likeness (QED) is 0.335. The highest BCUT2D eigenvalue weighted by Crippen LogP contribution is 2.55. The van der Waals surface area contributed by atoms with Crippen molar-refractivity contribution in [2.45, 2.75) is 94.8 Å². The minimum Gasteiger partial charge on any atom is -0.457 e. The summed E-state index contributed by atoms with van der Waals surface area (Å²) in [6.07, 6.45) is 10.9. The molecule has 1 aliphatic heterocycles. The summed E-state index contributed by atoms with van der Waals surface area (Å²) >= 11 is 0. The molecule has 0 radical (unpaired) electrons. The molecule has 1 N–H and O–H groups in total. The van der Waals surface area contributed by atoms with E-state index in [0.717, 1.165) is 62.6 Å². The van der Waals surface area contributed by atoms with Crippen LogP contribution in [0.4, 0.5) is 4.79 Å². The van der Waals surface area contributed by atoms with E-state index in [9.17, 15) is 9.59 Å². The van der Waals surface area contributed by atoms with Gasteiger partial charge < -0.3 is 24.3 Å². The molecule has 7 heteroatoms. The third kappa shape index (κ3) is 5.51. The number of nitrogens with one attached hydrogen (secondary N) is 1. The fraction of sp³-hybridized carbons (Fsp3) is 0.562. The lowest BCUT2D eigenvalue weighted by molar-refractivity contribution is -0.0227. The van der Waals surface area contributed by atoms with Crippen molar-refractivity contribution in [3.05, 3.63) is 64.7 Å². The van der Waals surface area contributed by atoms with Crippen molar-refractivity contribution in [2.24, 2.45) is 5.92 Å². The Morgan fingerprint density at radius 2 is 1.74 bits per heavy atom. The van der Waals surface area contributed by atoms with Gasteiger partial charge in [0.2, 0.25) is 6.79 Å². The molecule has 1 saturated heterocycles. The number of carbonyl (C=O) groups excluding carboxylic acids is 2. The first-order valence-corrected chi connectivity index (χ1v) is 14.7. The van der Waals surface area contributed by atoms with Crippen molar-refractivity contribution in [1.29, 1.82) is 0 Å². The molecule has 2 saturated carbocycles. The van der Waals surface area contributed by atoms with Gasteiger partial charge in [0.1, 0.15) is 18.5 Å². The van der Waals surface area contributed by atoms with Gasteiger partial charge in [-0.25, -0.2) is 9.59 Å². The molecule has 0 amide bonds. The lowest BCUT2D eigenvalue weighted by Gasteiger charge is -2.56. The van der Waals surface area contributed by atoms with E-state index >= 15 is 0 Å². The zero-order valence-corrected chi connectivity index (χ0v) is 22.6. The number of ether oxygens (including phenoxy) is 4. The summed E-state index contributed by atoms with van der Waals surface area (Å²) in [7, 11) is 0. The van der Waals surface area contributed by atoms with Crippen LogP contribution >= 0.6 is 0 Å². The monoisotopic (exact) mass is 533 g/mol. The number of esters is 1. The van der Waals surface area contributed by atoms with Crippen LogP contribution in [-0.4, -0.2) is 37.6 Å². The summed E-state index contributed by atoms with van der Waals surface area (Å²) in [6.45, 7) is 0.935. The summed E-state index contributed by atoms with van der Waals surface area (Å²) in [5.74, 6) is 0.737. The van der Waals surface area contributed by atoms with E-state index in [4.69, 9.17) is 18.9 Å². The predicted molar refractivity (Wildman–Crippen MR) is 146 cm³/mol. The van der Waals surface area contributed by atoms with Crippen molar-refractivity contribution in [3.63, 3.8) is 0 Å². The average molecular weight is 534 g/mol. The Morgan fingerprint density at radius 1 is 0.923 bits per heavy atom. The first-order valence-electron chi connectivity index (χ1n) is 14.7. The second-order valence-corrected chi connectivity index (χ2v) is 11.6. The van der Waals surface area contributed by atoms with E-state index in [1.807, 2.05) is 30.3 Å². The second-order valence-electron chi connectivity index (χ2n) is 11.6. The van der Waals surface area contributed by atoms with Gasteiger partial charge in [0.05, 0.1) is 5.56 Å². The van der Waals surface area contributed by atoms with Crippen LogP contribution in [0.2, 0.25) is 0 Å². The highest BCUT2D eigenvalue weighted by Gasteiger charge is 2.52. The van der Waals surface area contributed by atoms with Crippen LogP contribution in [0.25, 0.3) is 0 Å². The summed E-state index contributed by atoms with van der Waals surface area (Å²) in [5.41, 5.74) is 3.84. The number of rotatable bonds is 7. The molecule has 208 valence electrons. The van der Waals surface area contributed by atoms with Crippen LogP contribution in [-0.2, 0) is 32.7 Å². The van der Waals surface area contributed by atoms with E-state index in [1.165, 1.54) is 31.2 Å². The van der Waals surface area contributed by atoms with Gasteiger partial charge in [-0.15, -0.1) is 0 Å². The molecule has 39 heavy (non-hydrogen) atoms. The van der Waals surface area contributed by atoms with Gasteiger partial charge in [-0.2, -0.15) is 0 Å². The number of fused-ring (bicyclic) bond motifs is 1. The van der Waals surface area contributed by atoms with Gasteiger partial charge in [0, 0.05) is 11.5 Å². The highest BCUT2D eigenvalue weighted by atomic mass is 16.8. The van der Waals surface area contributed by atoms with Crippen LogP contribution in [0.15, 0.2) is 42.5 Å². The molecule has 3 aliphatic carbocycles. The van der Waals surface area contributed by atoms with Crippen molar-refractivity contribution in [3.8, 4) is 5.75 Å². The van der Waals surface area contributed by atoms with Gasteiger partial charge in [0.15, 0.2) is 0 Å². The Kier molecular flexibility index (Phi) is 7.78. The van der Waals surface area contributed by atoms with E-state index < -0.39 is 6.16 Å². The lowest BCUT2D eigenvalue weighted by Crippen LogP contribution is -2.59. The Morgan fingerprint density at radius 3 is 2.59 bits per heavy atom. The Balaban J connectivity index is 1.23. The minimum atomic E-state index is -0.700. The Bertz CT molecular complexity index is 1170. The van der Waals surface area contributed by atoms with Crippen molar-refractivity contribution < 1.29 is 28.5 Å². The molecular formula is C32H39NO6. The van der Waals surface area contributed by atoms with E-state index in [1.54, 1.807) is 6.07 Å². The van der Waals surface area contributed by atoms with Crippen LogP contribution < -0.4 is 10.1 Å². The molecule has 7 nitrogen and oxygen atoms in total. The Labute approximate surface area is 230 Å². The van der Waals surface area contributed by atoms with Crippen molar-refractivity contribution in [1.82, 2.24) is 5.32 Å². The number of carbonyl (C=O) groups is 2. The fourth-order valence-electron chi connectivity index (χ4n) is 7.56. The zero-order chi connectivity index (χ0) is 26.7. The van der Waals surface area contributed by atoms with Crippen molar-refractivity contribution in [2.75, 3.05) is 13.3 Å².